The second kappa shape index (κ2) is 4.72. The number of nitrogens with zero attached hydrogens (tertiary/aromatic N) is 2. The molecule has 0 aliphatic heterocycles. The minimum atomic E-state index is 0.0150. The molecule has 1 rings (SSSR count). The lowest BCUT2D eigenvalue weighted by atomic mass is 10.3. The van der Waals surface area contributed by atoms with Gasteiger partial charge in [-0.1, -0.05) is 6.08 Å². The molecule has 0 saturated heterocycles. The molecule has 3 heteroatoms. The summed E-state index contributed by atoms with van der Waals surface area (Å²) >= 11 is 0. The lowest BCUT2D eigenvalue weighted by Crippen LogP contribution is -2.02. The zero-order chi connectivity index (χ0) is 8.81. The van der Waals surface area contributed by atoms with Gasteiger partial charge in [-0.2, -0.15) is 0 Å². The number of aromatic nitrogens is 2. The molecular formula is C9H14N2O. The molecule has 0 saturated carbocycles. The maximum atomic E-state index is 8.86. The van der Waals surface area contributed by atoms with Crippen molar-refractivity contribution in [3.05, 3.63) is 30.9 Å². The number of hydrogen-bond donors (Lipinski definition) is 1. The van der Waals surface area contributed by atoms with Crippen LogP contribution in [0.4, 0.5) is 0 Å². The van der Waals surface area contributed by atoms with Gasteiger partial charge < -0.3 is 9.67 Å². The minimum Gasteiger partial charge on any atom is -0.388 e. The van der Waals surface area contributed by atoms with Gasteiger partial charge in [-0.25, -0.2) is 4.98 Å². The third-order valence-corrected chi connectivity index (χ3v) is 1.75. The van der Waals surface area contributed by atoms with Crippen LogP contribution in [-0.2, 0) is 13.2 Å². The standard InChI is InChI=1S/C9H14N2O/c1-2-3-4-6-11-7-5-10-9(11)8-12/h2,5,7,12H,1,3-4,6,8H2. The average Bonchev–Trinajstić information content (AvgIpc) is 2.52. The van der Waals surface area contributed by atoms with Crippen LogP contribution in [0.15, 0.2) is 25.0 Å². The molecule has 12 heavy (non-hydrogen) atoms. The van der Waals surface area contributed by atoms with E-state index in [1.807, 2.05) is 16.8 Å². The van der Waals surface area contributed by atoms with E-state index in [0.29, 0.717) is 0 Å². The van der Waals surface area contributed by atoms with Crippen molar-refractivity contribution in [2.75, 3.05) is 0 Å². The SMILES string of the molecule is C=CCCCn1ccnc1CO. The molecule has 0 amide bonds. The van der Waals surface area contributed by atoms with Crippen LogP contribution >= 0.6 is 0 Å². The highest BCUT2D eigenvalue weighted by Crippen LogP contribution is 2.00. The van der Waals surface area contributed by atoms with Crippen molar-refractivity contribution in [1.82, 2.24) is 9.55 Å². The quantitative estimate of drug-likeness (QED) is 0.529. The van der Waals surface area contributed by atoms with Crippen molar-refractivity contribution in [3.63, 3.8) is 0 Å². The summed E-state index contributed by atoms with van der Waals surface area (Å²) in [7, 11) is 0. The second-order valence-electron chi connectivity index (χ2n) is 2.63. The van der Waals surface area contributed by atoms with E-state index in [2.05, 4.69) is 11.6 Å². The summed E-state index contributed by atoms with van der Waals surface area (Å²) in [5.74, 6) is 0.735. The third-order valence-electron chi connectivity index (χ3n) is 1.75. The Hall–Kier alpha value is -1.09. The number of unbranched alkanes of at least 4 members (excludes halogenated alkanes) is 1. The van der Waals surface area contributed by atoms with Crippen LogP contribution in [-0.4, -0.2) is 14.7 Å². The van der Waals surface area contributed by atoms with Crippen molar-refractivity contribution < 1.29 is 5.11 Å². The summed E-state index contributed by atoms with van der Waals surface area (Å²) in [4.78, 5) is 4.00. The number of aliphatic hydroxyl groups is 1. The molecule has 66 valence electrons. The van der Waals surface area contributed by atoms with E-state index in [9.17, 15) is 0 Å². The van der Waals surface area contributed by atoms with E-state index in [1.165, 1.54) is 0 Å². The van der Waals surface area contributed by atoms with Gasteiger partial charge in [0, 0.05) is 18.9 Å². The van der Waals surface area contributed by atoms with Crippen LogP contribution in [0, 0.1) is 0 Å². The van der Waals surface area contributed by atoms with Gasteiger partial charge >= 0.3 is 0 Å². The van der Waals surface area contributed by atoms with Gasteiger partial charge in [0.15, 0.2) is 0 Å². The Morgan fingerprint density at radius 2 is 2.50 bits per heavy atom. The summed E-state index contributed by atoms with van der Waals surface area (Å²) < 4.78 is 1.96. The second-order valence-corrected chi connectivity index (χ2v) is 2.63. The lowest BCUT2D eigenvalue weighted by Gasteiger charge is -2.03. The van der Waals surface area contributed by atoms with Gasteiger partial charge in [-0.3, -0.25) is 0 Å². The van der Waals surface area contributed by atoms with Crippen molar-refractivity contribution in [2.24, 2.45) is 0 Å². The molecule has 1 N–H and O–H groups in total. The van der Waals surface area contributed by atoms with E-state index in [0.717, 1.165) is 25.2 Å². The Morgan fingerprint density at radius 3 is 3.17 bits per heavy atom. The molecule has 0 aliphatic carbocycles. The number of imidazole rings is 1. The number of aliphatic hydroxyl groups excluding tert-OH is 1. The van der Waals surface area contributed by atoms with Gasteiger partial charge in [0.05, 0.1) is 0 Å². The molecule has 0 fully saturated rings. The highest BCUT2D eigenvalue weighted by Gasteiger charge is 1.98. The van der Waals surface area contributed by atoms with E-state index in [-0.39, 0.29) is 6.61 Å². The molecule has 0 aliphatic rings. The van der Waals surface area contributed by atoms with Gasteiger partial charge in [0.1, 0.15) is 12.4 Å². The van der Waals surface area contributed by atoms with Crippen LogP contribution in [0.5, 0.6) is 0 Å². The van der Waals surface area contributed by atoms with Crippen LogP contribution in [0.1, 0.15) is 18.7 Å². The van der Waals surface area contributed by atoms with Crippen LogP contribution in [0.25, 0.3) is 0 Å². The molecule has 0 aromatic carbocycles. The summed E-state index contributed by atoms with van der Waals surface area (Å²) in [6.45, 7) is 4.57. The first-order valence-electron chi connectivity index (χ1n) is 4.10. The van der Waals surface area contributed by atoms with Gasteiger partial charge in [-0.05, 0) is 12.8 Å². The predicted octanol–water partition coefficient (Wildman–Crippen LogP) is 1.34. The van der Waals surface area contributed by atoms with E-state index >= 15 is 0 Å². The molecule has 1 aromatic heterocycles. The molecule has 0 spiro atoms. The molecule has 1 aromatic rings. The Morgan fingerprint density at radius 1 is 1.67 bits per heavy atom. The normalized spacial score (nSPS) is 10.1. The monoisotopic (exact) mass is 166 g/mol. The highest BCUT2D eigenvalue weighted by atomic mass is 16.3. The molecule has 3 nitrogen and oxygen atoms in total. The minimum absolute atomic E-state index is 0.0150. The fourth-order valence-electron chi connectivity index (χ4n) is 1.10. The van der Waals surface area contributed by atoms with Crippen molar-refractivity contribution >= 4 is 0 Å². The maximum Gasteiger partial charge on any atom is 0.134 e. The predicted molar refractivity (Wildman–Crippen MR) is 47.6 cm³/mol. The first kappa shape index (κ1) is 9.00. The number of hydrogen-bond acceptors (Lipinski definition) is 2. The third kappa shape index (κ3) is 2.20. The zero-order valence-electron chi connectivity index (χ0n) is 7.11. The first-order chi connectivity index (χ1) is 5.88. The Balaban J connectivity index is 2.44. The van der Waals surface area contributed by atoms with Crippen molar-refractivity contribution in [2.45, 2.75) is 26.0 Å². The number of rotatable bonds is 5. The van der Waals surface area contributed by atoms with Gasteiger partial charge in [0.2, 0.25) is 0 Å². The molecule has 0 atom stereocenters. The van der Waals surface area contributed by atoms with Crippen molar-refractivity contribution in [3.8, 4) is 0 Å². The lowest BCUT2D eigenvalue weighted by molar-refractivity contribution is 0.264. The van der Waals surface area contributed by atoms with Gasteiger partial charge in [0.25, 0.3) is 0 Å². The Bertz CT molecular complexity index is 242. The summed E-state index contributed by atoms with van der Waals surface area (Å²) in [6, 6.07) is 0. The summed E-state index contributed by atoms with van der Waals surface area (Å²) in [5.41, 5.74) is 0. The number of aryl methyl sites for hydroxylation is 1. The average molecular weight is 166 g/mol. The fourth-order valence-corrected chi connectivity index (χ4v) is 1.10. The molecule has 0 bridgehead atoms. The molecular weight excluding hydrogens is 152 g/mol. The molecule has 0 radical (unpaired) electrons. The fraction of sp³-hybridized carbons (Fsp3) is 0.444. The summed E-state index contributed by atoms with van der Waals surface area (Å²) in [6.07, 6.45) is 7.54. The van der Waals surface area contributed by atoms with Gasteiger partial charge in [-0.15, -0.1) is 6.58 Å². The first-order valence-corrected chi connectivity index (χ1v) is 4.10. The Labute approximate surface area is 72.4 Å². The molecule has 0 unspecified atom stereocenters. The van der Waals surface area contributed by atoms with Crippen LogP contribution in [0.2, 0.25) is 0 Å². The van der Waals surface area contributed by atoms with Crippen LogP contribution < -0.4 is 0 Å². The molecule has 1 heterocycles. The Kier molecular flexibility index (Phi) is 3.54. The number of allylic oxidation sites excluding steroid dienone is 1. The highest BCUT2D eigenvalue weighted by molar-refractivity contribution is 4.90. The zero-order valence-corrected chi connectivity index (χ0v) is 7.11. The largest absolute Gasteiger partial charge is 0.388 e. The smallest absolute Gasteiger partial charge is 0.134 e. The van der Waals surface area contributed by atoms with Crippen LogP contribution in [0.3, 0.4) is 0 Å². The summed E-state index contributed by atoms with van der Waals surface area (Å²) in [5, 5.41) is 8.86. The van der Waals surface area contributed by atoms with E-state index < -0.39 is 0 Å². The topological polar surface area (TPSA) is 38.0 Å². The van der Waals surface area contributed by atoms with E-state index in [1.54, 1.807) is 6.20 Å². The van der Waals surface area contributed by atoms with Crippen molar-refractivity contribution in [1.29, 1.82) is 0 Å². The van der Waals surface area contributed by atoms with E-state index in [4.69, 9.17) is 5.11 Å². The maximum absolute atomic E-state index is 8.86.